The first-order valence-electron chi connectivity index (χ1n) is 4.62. The molecule has 0 saturated carbocycles. The summed E-state index contributed by atoms with van der Waals surface area (Å²) in [6, 6.07) is 3.21. The topological polar surface area (TPSA) is 44.8 Å². The molecule has 0 aromatic heterocycles. The number of ketones is 1. The van der Waals surface area contributed by atoms with Crippen molar-refractivity contribution in [3.05, 3.63) is 17.7 Å². The molecular weight excluding hydrogens is 228 g/mol. The lowest BCUT2D eigenvalue weighted by Crippen LogP contribution is -2.05. The van der Waals surface area contributed by atoms with Crippen molar-refractivity contribution in [1.29, 1.82) is 0 Å². The van der Waals surface area contributed by atoms with Crippen molar-refractivity contribution < 1.29 is 19.0 Å². The maximum atomic E-state index is 11.6. The molecule has 0 saturated heterocycles. The van der Waals surface area contributed by atoms with Gasteiger partial charge >= 0.3 is 0 Å². The molecule has 5 heteroatoms. The minimum atomic E-state index is -0.124. The summed E-state index contributed by atoms with van der Waals surface area (Å²) in [5, 5.41) is 0. The van der Waals surface area contributed by atoms with Crippen LogP contribution in [-0.4, -0.2) is 32.9 Å². The summed E-state index contributed by atoms with van der Waals surface area (Å²) in [6.07, 6.45) is 0. The number of carbonyl (C=O) groups is 1. The van der Waals surface area contributed by atoms with Crippen LogP contribution < -0.4 is 14.2 Å². The van der Waals surface area contributed by atoms with Gasteiger partial charge in [-0.1, -0.05) is 0 Å². The first-order valence-corrected chi connectivity index (χ1v) is 5.25. The Morgan fingerprint density at radius 2 is 1.56 bits per heavy atom. The summed E-state index contributed by atoms with van der Waals surface area (Å²) < 4.78 is 15.3. The highest BCUT2D eigenvalue weighted by molar-refractivity contribution is 7.81. The van der Waals surface area contributed by atoms with Crippen LogP contribution in [0.2, 0.25) is 0 Å². The lowest BCUT2D eigenvalue weighted by molar-refractivity contribution is 0.101. The van der Waals surface area contributed by atoms with E-state index in [0.29, 0.717) is 22.8 Å². The molecule has 16 heavy (non-hydrogen) atoms. The zero-order valence-electron chi connectivity index (χ0n) is 9.44. The molecule has 1 rings (SSSR count). The summed E-state index contributed by atoms with van der Waals surface area (Å²) in [5.74, 6) is 1.47. The summed E-state index contributed by atoms with van der Waals surface area (Å²) >= 11 is 3.95. The number of thiol groups is 1. The number of hydrogen-bond acceptors (Lipinski definition) is 5. The predicted octanol–water partition coefficient (Wildman–Crippen LogP) is 1.82. The molecule has 0 aliphatic carbocycles. The molecule has 0 fully saturated rings. The fourth-order valence-corrected chi connectivity index (χ4v) is 1.50. The van der Waals surface area contributed by atoms with Gasteiger partial charge in [0, 0.05) is 6.07 Å². The first kappa shape index (κ1) is 12.7. The summed E-state index contributed by atoms with van der Waals surface area (Å²) in [5.41, 5.74) is 0.440. The number of hydrogen-bond donors (Lipinski definition) is 1. The first-order chi connectivity index (χ1) is 7.67. The average Bonchev–Trinajstić information content (AvgIpc) is 2.35. The van der Waals surface area contributed by atoms with E-state index >= 15 is 0 Å². The molecule has 1 aromatic rings. The van der Waals surface area contributed by atoms with E-state index in [2.05, 4.69) is 12.6 Å². The number of benzene rings is 1. The van der Waals surface area contributed by atoms with Gasteiger partial charge in [-0.05, 0) is 6.07 Å². The van der Waals surface area contributed by atoms with Crippen LogP contribution in [0, 0.1) is 0 Å². The van der Waals surface area contributed by atoms with Gasteiger partial charge < -0.3 is 14.2 Å². The molecule has 1 aromatic carbocycles. The highest BCUT2D eigenvalue weighted by Gasteiger charge is 2.16. The quantitative estimate of drug-likeness (QED) is 0.632. The molecule has 88 valence electrons. The van der Waals surface area contributed by atoms with Gasteiger partial charge in [0.05, 0.1) is 32.6 Å². The van der Waals surface area contributed by atoms with E-state index in [9.17, 15) is 4.79 Å². The third-order valence-corrected chi connectivity index (χ3v) is 2.44. The molecule has 0 aliphatic heterocycles. The molecule has 0 radical (unpaired) electrons. The van der Waals surface area contributed by atoms with Crippen molar-refractivity contribution in [2.24, 2.45) is 0 Å². The van der Waals surface area contributed by atoms with Crippen LogP contribution in [0.1, 0.15) is 10.4 Å². The van der Waals surface area contributed by atoms with Crippen LogP contribution in [0.4, 0.5) is 0 Å². The lowest BCUT2D eigenvalue weighted by atomic mass is 10.1. The number of carbonyl (C=O) groups excluding carboxylic acids is 1. The fraction of sp³-hybridized carbons (Fsp3) is 0.364. The predicted molar refractivity (Wildman–Crippen MR) is 64.3 cm³/mol. The maximum Gasteiger partial charge on any atom is 0.176 e. The number of Topliss-reactive ketones (excluding diaryl/α,β-unsaturated/α-hetero) is 1. The molecule has 0 bridgehead atoms. The van der Waals surface area contributed by atoms with Gasteiger partial charge in [0.2, 0.25) is 0 Å². The molecule has 0 amide bonds. The highest BCUT2D eigenvalue weighted by atomic mass is 32.1. The van der Waals surface area contributed by atoms with Gasteiger partial charge in [-0.2, -0.15) is 12.6 Å². The van der Waals surface area contributed by atoms with Crippen LogP contribution >= 0.6 is 12.6 Å². The Hall–Kier alpha value is -1.36. The summed E-state index contributed by atoms with van der Waals surface area (Å²) in [7, 11) is 4.53. The van der Waals surface area contributed by atoms with E-state index in [1.807, 2.05) is 0 Å². The lowest BCUT2D eigenvalue weighted by Gasteiger charge is -2.12. The Bertz CT molecular complexity index is 390. The largest absolute Gasteiger partial charge is 0.496 e. The standard InChI is InChI=1S/C11H14O4S/c1-13-9-5-11(15-3)10(14-2)4-7(9)8(12)6-16/h4-5,16H,6H2,1-3H3. The van der Waals surface area contributed by atoms with Gasteiger partial charge in [-0.15, -0.1) is 0 Å². The third kappa shape index (κ3) is 2.41. The van der Waals surface area contributed by atoms with Crippen LogP contribution in [0.5, 0.6) is 17.2 Å². The Morgan fingerprint density at radius 1 is 1.06 bits per heavy atom. The molecule has 0 atom stereocenters. The maximum absolute atomic E-state index is 11.6. The van der Waals surface area contributed by atoms with Gasteiger partial charge in [-0.25, -0.2) is 0 Å². The van der Waals surface area contributed by atoms with Crippen molar-refractivity contribution in [2.45, 2.75) is 0 Å². The second-order valence-electron chi connectivity index (χ2n) is 2.99. The second-order valence-corrected chi connectivity index (χ2v) is 3.30. The van der Waals surface area contributed by atoms with E-state index in [1.165, 1.54) is 21.3 Å². The molecule has 4 nitrogen and oxygen atoms in total. The van der Waals surface area contributed by atoms with Crippen molar-refractivity contribution in [2.75, 3.05) is 27.1 Å². The Balaban J connectivity index is 3.31. The minimum absolute atomic E-state index is 0.117. The van der Waals surface area contributed by atoms with Gasteiger partial charge in [-0.3, -0.25) is 4.79 Å². The molecule has 0 spiro atoms. The number of rotatable bonds is 5. The Morgan fingerprint density at radius 3 is 2.00 bits per heavy atom. The van der Waals surface area contributed by atoms with E-state index in [1.54, 1.807) is 12.1 Å². The molecule has 0 aliphatic rings. The van der Waals surface area contributed by atoms with Crippen molar-refractivity contribution in [3.8, 4) is 17.2 Å². The normalized spacial score (nSPS) is 9.75. The van der Waals surface area contributed by atoms with Gasteiger partial charge in [0.1, 0.15) is 5.75 Å². The molecular formula is C11H14O4S. The van der Waals surface area contributed by atoms with E-state index in [4.69, 9.17) is 14.2 Å². The Labute approximate surface area is 99.9 Å². The average molecular weight is 242 g/mol. The highest BCUT2D eigenvalue weighted by Crippen LogP contribution is 2.34. The van der Waals surface area contributed by atoms with Crippen molar-refractivity contribution in [1.82, 2.24) is 0 Å². The van der Waals surface area contributed by atoms with Gasteiger partial charge in [0.25, 0.3) is 0 Å². The zero-order valence-corrected chi connectivity index (χ0v) is 10.3. The minimum Gasteiger partial charge on any atom is -0.496 e. The van der Waals surface area contributed by atoms with Crippen molar-refractivity contribution >= 4 is 18.4 Å². The number of methoxy groups -OCH3 is 3. The molecule has 0 N–H and O–H groups in total. The van der Waals surface area contributed by atoms with Crippen LogP contribution in [0.25, 0.3) is 0 Å². The second kappa shape index (κ2) is 5.65. The molecule has 0 unspecified atom stereocenters. The summed E-state index contributed by atoms with van der Waals surface area (Å²) in [4.78, 5) is 11.6. The molecule has 0 heterocycles. The van der Waals surface area contributed by atoms with Gasteiger partial charge in [0.15, 0.2) is 17.3 Å². The van der Waals surface area contributed by atoms with Crippen molar-refractivity contribution in [3.63, 3.8) is 0 Å². The Kier molecular flexibility index (Phi) is 4.49. The monoisotopic (exact) mass is 242 g/mol. The SMILES string of the molecule is COc1cc(OC)c(C(=O)CS)cc1OC. The smallest absolute Gasteiger partial charge is 0.176 e. The zero-order chi connectivity index (χ0) is 12.1. The fourth-order valence-electron chi connectivity index (χ4n) is 1.33. The van der Waals surface area contributed by atoms with E-state index in [0.717, 1.165) is 0 Å². The van der Waals surface area contributed by atoms with E-state index in [-0.39, 0.29) is 11.5 Å². The third-order valence-electron chi connectivity index (χ3n) is 2.15. The van der Waals surface area contributed by atoms with E-state index < -0.39 is 0 Å². The van der Waals surface area contributed by atoms with Crippen LogP contribution in [0.15, 0.2) is 12.1 Å². The number of ether oxygens (including phenoxy) is 3. The summed E-state index contributed by atoms with van der Waals surface area (Å²) in [6.45, 7) is 0. The van der Waals surface area contributed by atoms with Crippen LogP contribution in [0.3, 0.4) is 0 Å². The van der Waals surface area contributed by atoms with Crippen LogP contribution in [-0.2, 0) is 0 Å².